The Hall–Kier alpha value is -1.88. The molecule has 2 N–H and O–H groups in total. The monoisotopic (exact) mass is 301 g/mol. The van der Waals surface area contributed by atoms with Gasteiger partial charge in [0.05, 0.1) is 0 Å². The summed E-state index contributed by atoms with van der Waals surface area (Å²) >= 11 is 0. The third-order valence-electron chi connectivity index (χ3n) is 4.42. The molecule has 2 heterocycles. The fourth-order valence-corrected chi connectivity index (χ4v) is 3.23. The van der Waals surface area contributed by atoms with Crippen LogP contribution >= 0.6 is 0 Å². The molecule has 5 nitrogen and oxygen atoms in total. The Morgan fingerprint density at radius 1 is 1.32 bits per heavy atom. The van der Waals surface area contributed by atoms with Crippen molar-refractivity contribution in [3.05, 3.63) is 29.8 Å². The Labute approximate surface area is 131 Å². The molecule has 2 aliphatic heterocycles. The number of piperidine rings is 1. The van der Waals surface area contributed by atoms with Gasteiger partial charge in [0.25, 0.3) is 0 Å². The number of carbonyl (C=O) groups is 2. The SMILES string of the molecule is O=C(CCN1C(=O)CCc2ccccc21)N[C@H]1CCCNC1. The van der Waals surface area contributed by atoms with Gasteiger partial charge in [-0.3, -0.25) is 9.59 Å². The predicted molar refractivity (Wildman–Crippen MR) is 85.8 cm³/mol. The van der Waals surface area contributed by atoms with Crippen molar-refractivity contribution in [3.63, 3.8) is 0 Å². The van der Waals surface area contributed by atoms with Crippen LogP contribution in [0.5, 0.6) is 0 Å². The third-order valence-corrected chi connectivity index (χ3v) is 4.42. The molecule has 0 spiro atoms. The van der Waals surface area contributed by atoms with E-state index in [2.05, 4.69) is 16.7 Å². The van der Waals surface area contributed by atoms with Crippen LogP contribution < -0.4 is 15.5 Å². The van der Waals surface area contributed by atoms with Crippen LogP contribution in [0.3, 0.4) is 0 Å². The van der Waals surface area contributed by atoms with Crippen LogP contribution in [0.25, 0.3) is 0 Å². The standard InChI is InChI=1S/C17H23N3O2/c21-16(19-14-5-3-10-18-12-14)9-11-20-15-6-2-1-4-13(15)7-8-17(20)22/h1-2,4,6,14,18H,3,5,7-12H2,(H,19,21)/t14-/m0/s1. The lowest BCUT2D eigenvalue weighted by molar-refractivity contribution is -0.122. The molecule has 0 aliphatic carbocycles. The van der Waals surface area contributed by atoms with E-state index in [1.807, 2.05) is 18.2 Å². The average molecular weight is 301 g/mol. The van der Waals surface area contributed by atoms with Gasteiger partial charge in [-0.05, 0) is 37.4 Å². The smallest absolute Gasteiger partial charge is 0.227 e. The maximum atomic E-state index is 12.1. The van der Waals surface area contributed by atoms with E-state index in [-0.39, 0.29) is 17.9 Å². The number of para-hydroxylation sites is 1. The lowest BCUT2D eigenvalue weighted by Gasteiger charge is -2.29. The van der Waals surface area contributed by atoms with Crippen LogP contribution in [0.15, 0.2) is 24.3 Å². The minimum absolute atomic E-state index is 0.0320. The molecule has 5 heteroatoms. The van der Waals surface area contributed by atoms with Crippen molar-refractivity contribution < 1.29 is 9.59 Å². The van der Waals surface area contributed by atoms with Gasteiger partial charge in [-0.25, -0.2) is 0 Å². The minimum Gasteiger partial charge on any atom is -0.352 e. The summed E-state index contributed by atoms with van der Waals surface area (Å²) in [6, 6.07) is 8.19. The van der Waals surface area contributed by atoms with E-state index >= 15 is 0 Å². The highest BCUT2D eigenvalue weighted by molar-refractivity contribution is 5.97. The summed E-state index contributed by atoms with van der Waals surface area (Å²) in [6.45, 7) is 2.34. The van der Waals surface area contributed by atoms with Gasteiger partial charge in [0.15, 0.2) is 0 Å². The number of nitrogens with zero attached hydrogens (tertiary/aromatic N) is 1. The maximum Gasteiger partial charge on any atom is 0.227 e. The van der Waals surface area contributed by atoms with E-state index in [4.69, 9.17) is 0 Å². The van der Waals surface area contributed by atoms with E-state index in [1.54, 1.807) is 4.90 Å². The van der Waals surface area contributed by atoms with Gasteiger partial charge in [-0.15, -0.1) is 0 Å². The molecular weight excluding hydrogens is 278 g/mol. The zero-order valence-corrected chi connectivity index (χ0v) is 12.8. The summed E-state index contributed by atoms with van der Waals surface area (Å²) in [6.07, 6.45) is 3.82. The second-order valence-electron chi connectivity index (χ2n) is 6.03. The number of benzene rings is 1. The quantitative estimate of drug-likeness (QED) is 0.879. The minimum atomic E-state index is 0.0320. The van der Waals surface area contributed by atoms with Crippen molar-refractivity contribution in [2.75, 3.05) is 24.5 Å². The molecule has 1 aromatic carbocycles. The summed E-state index contributed by atoms with van der Waals surface area (Å²) in [5, 5.41) is 6.34. The number of aryl methyl sites for hydroxylation is 1. The average Bonchev–Trinajstić information content (AvgIpc) is 2.55. The summed E-state index contributed by atoms with van der Waals surface area (Å²) in [7, 11) is 0. The lowest BCUT2D eigenvalue weighted by atomic mass is 10.0. The Bertz CT molecular complexity index is 553. The number of anilines is 1. The van der Waals surface area contributed by atoms with E-state index < -0.39 is 0 Å². The number of carbonyl (C=O) groups excluding carboxylic acids is 2. The summed E-state index contributed by atoms with van der Waals surface area (Å²) in [4.78, 5) is 26.0. The van der Waals surface area contributed by atoms with Crippen molar-refractivity contribution >= 4 is 17.5 Å². The molecule has 0 bridgehead atoms. The number of rotatable bonds is 4. The fraction of sp³-hybridized carbons (Fsp3) is 0.529. The number of nitrogens with one attached hydrogen (secondary N) is 2. The second-order valence-corrected chi connectivity index (χ2v) is 6.03. The van der Waals surface area contributed by atoms with Gasteiger partial charge < -0.3 is 15.5 Å². The number of amides is 2. The van der Waals surface area contributed by atoms with Crippen LogP contribution in [0.4, 0.5) is 5.69 Å². The highest BCUT2D eigenvalue weighted by Gasteiger charge is 2.24. The van der Waals surface area contributed by atoms with Gasteiger partial charge in [0.1, 0.15) is 0 Å². The molecule has 0 aromatic heterocycles. The van der Waals surface area contributed by atoms with E-state index in [9.17, 15) is 9.59 Å². The molecular formula is C17H23N3O2. The van der Waals surface area contributed by atoms with Gasteiger partial charge in [-0.2, -0.15) is 0 Å². The number of fused-ring (bicyclic) bond motifs is 1. The highest BCUT2D eigenvalue weighted by atomic mass is 16.2. The van der Waals surface area contributed by atoms with E-state index in [0.29, 0.717) is 19.4 Å². The Balaban J connectivity index is 1.56. The third kappa shape index (κ3) is 3.47. The van der Waals surface area contributed by atoms with Gasteiger partial charge in [0.2, 0.25) is 11.8 Å². The number of hydrogen-bond donors (Lipinski definition) is 2. The van der Waals surface area contributed by atoms with Crippen LogP contribution in [0.2, 0.25) is 0 Å². The van der Waals surface area contributed by atoms with Crippen LogP contribution in [-0.4, -0.2) is 37.5 Å². The van der Waals surface area contributed by atoms with Crippen molar-refractivity contribution in [1.82, 2.24) is 10.6 Å². The Morgan fingerprint density at radius 3 is 3.00 bits per heavy atom. The van der Waals surface area contributed by atoms with Crippen LogP contribution in [0.1, 0.15) is 31.2 Å². The zero-order valence-electron chi connectivity index (χ0n) is 12.8. The summed E-state index contributed by atoms with van der Waals surface area (Å²) < 4.78 is 0. The maximum absolute atomic E-state index is 12.1. The van der Waals surface area contributed by atoms with Crippen molar-refractivity contribution in [3.8, 4) is 0 Å². The van der Waals surface area contributed by atoms with Crippen LogP contribution in [0, 0.1) is 0 Å². The van der Waals surface area contributed by atoms with Crippen molar-refractivity contribution in [2.24, 2.45) is 0 Å². The molecule has 1 atom stereocenters. The van der Waals surface area contributed by atoms with E-state index in [1.165, 1.54) is 5.56 Å². The summed E-state index contributed by atoms with van der Waals surface area (Å²) in [5.41, 5.74) is 2.16. The lowest BCUT2D eigenvalue weighted by Crippen LogP contribution is -2.46. The normalized spacial score (nSPS) is 21.4. The Morgan fingerprint density at radius 2 is 2.18 bits per heavy atom. The topological polar surface area (TPSA) is 61.4 Å². The molecule has 0 radical (unpaired) electrons. The highest BCUT2D eigenvalue weighted by Crippen LogP contribution is 2.27. The molecule has 2 aliphatic rings. The fourth-order valence-electron chi connectivity index (χ4n) is 3.23. The molecule has 3 rings (SSSR count). The van der Waals surface area contributed by atoms with Gasteiger partial charge >= 0.3 is 0 Å². The van der Waals surface area contributed by atoms with Crippen molar-refractivity contribution in [2.45, 2.75) is 38.1 Å². The van der Waals surface area contributed by atoms with Gasteiger partial charge in [0, 0.05) is 37.7 Å². The molecule has 1 aromatic rings. The predicted octanol–water partition coefficient (Wildman–Crippen LogP) is 1.22. The Kier molecular flexibility index (Phi) is 4.73. The molecule has 0 saturated carbocycles. The summed E-state index contributed by atoms with van der Waals surface area (Å²) in [5.74, 6) is 0.149. The molecule has 1 fully saturated rings. The molecule has 2 amide bonds. The molecule has 0 unspecified atom stereocenters. The molecule has 22 heavy (non-hydrogen) atoms. The van der Waals surface area contributed by atoms with E-state index in [0.717, 1.165) is 38.0 Å². The number of hydrogen-bond acceptors (Lipinski definition) is 3. The van der Waals surface area contributed by atoms with Crippen LogP contribution in [-0.2, 0) is 16.0 Å². The first-order chi connectivity index (χ1) is 10.7. The van der Waals surface area contributed by atoms with Gasteiger partial charge in [-0.1, -0.05) is 18.2 Å². The molecule has 1 saturated heterocycles. The molecule has 118 valence electrons. The second kappa shape index (κ2) is 6.92. The first-order valence-corrected chi connectivity index (χ1v) is 8.12. The zero-order chi connectivity index (χ0) is 15.4. The van der Waals surface area contributed by atoms with Crippen molar-refractivity contribution in [1.29, 1.82) is 0 Å². The first kappa shape index (κ1) is 15.0. The largest absolute Gasteiger partial charge is 0.352 e. The first-order valence-electron chi connectivity index (χ1n) is 8.12.